The van der Waals surface area contributed by atoms with Crippen LogP contribution in [0.15, 0.2) is 11.6 Å². The molecule has 7 aliphatic rings. The minimum absolute atomic E-state index is 0.0129. The summed E-state index contributed by atoms with van der Waals surface area (Å²) in [4.78, 5) is 62.8. The van der Waals surface area contributed by atoms with E-state index in [1.165, 1.54) is 0 Å². The van der Waals surface area contributed by atoms with Gasteiger partial charge < -0.3 is 46.1 Å². The fourth-order valence-corrected chi connectivity index (χ4v) is 13.8. The standard InChI is InChI=1S/C43H66N4O10S/c1-23(48)27-14-15-28-26-13-12-24-20-25(49)16-17-42(24,2)33(26)30(21-43(27,28)3)56-40-37(53)35(51)36(52)38(57-40)39(54)45-19-9-5-4-8-18-44-32(50)11-7-6-10-31-34-29(22-58-31)46-41(55)47-34/h20,26-31,33-38,40,51-53H,4-19,21-22H2,1-3H3,(H,44,50)(H,45,54)(H2,46,47,55)/t26-,27+,28-,29-,30+,31-,33+,34-,35-,36-,37+,38-,40+,42-,43+/m0/s1. The fourth-order valence-electron chi connectivity index (χ4n) is 12.3. The van der Waals surface area contributed by atoms with Gasteiger partial charge in [-0.2, -0.15) is 11.8 Å². The number of fused-ring (bicyclic) bond motifs is 6. The Hall–Kier alpha value is -2.56. The van der Waals surface area contributed by atoms with Gasteiger partial charge in [0.15, 0.2) is 18.2 Å². The number of aliphatic hydroxyl groups excluding tert-OH is 3. The highest BCUT2D eigenvalue weighted by molar-refractivity contribution is 8.00. The Morgan fingerprint density at radius 1 is 0.931 bits per heavy atom. The second-order valence-electron chi connectivity index (χ2n) is 18.8. The molecular weight excluding hydrogens is 765 g/mol. The Bertz CT molecular complexity index is 1600. The highest BCUT2D eigenvalue weighted by Gasteiger charge is 2.64. The van der Waals surface area contributed by atoms with Crippen molar-refractivity contribution in [2.24, 2.45) is 34.5 Å². The Morgan fingerprint density at radius 2 is 1.69 bits per heavy atom. The lowest BCUT2D eigenvalue weighted by Crippen LogP contribution is -2.64. The van der Waals surface area contributed by atoms with E-state index in [1.54, 1.807) is 6.92 Å². The second kappa shape index (κ2) is 18.2. The first kappa shape index (κ1) is 43.5. The van der Waals surface area contributed by atoms with Crippen LogP contribution in [0.1, 0.15) is 117 Å². The number of carbonyl (C=O) groups is 5. The number of rotatable bonds is 16. The Labute approximate surface area is 346 Å². The molecule has 324 valence electrons. The Kier molecular flexibility index (Phi) is 13.7. The van der Waals surface area contributed by atoms with E-state index in [0.717, 1.165) is 75.5 Å². The molecule has 3 saturated carbocycles. The molecule has 4 amide bonds. The van der Waals surface area contributed by atoms with Gasteiger partial charge in [0.2, 0.25) is 5.91 Å². The molecule has 14 nitrogen and oxygen atoms in total. The molecular formula is C43H66N4O10S. The van der Waals surface area contributed by atoms with E-state index in [9.17, 15) is 39.3 Å². The summed E-state index contributed by atoms with van der Waals surface area (Å²) in [5.74, 6) is 1.10. The number of thioether (sulfide) groups is 1. The number of hydrogen-bond donors (Lipinski definition) is 7. The summed E-state index contributed by atoms with van der Waals surface area (Å²) in [7, 11) is 0. The van der Waals surface area contributed by atoms with E-state index in [-0.39, 0.29) is 64.2 Å². The van der Waals surface area contributed by atoms with Gasteiger partial charge >= 0.3 is 6.03 Å². The van der Waals surface area contributed by atoms with Gasteiger partial charge in [0.1, 0.15) is 24.1 Å². The average molecular weight is 831 g/mol. The highest BCUT2D eigenvalue weighted by Crippen LogP contribution is 2.67. The SMILES string of the molecule is CC(=O)[C@H]1CC[C@H]2[C@@H]3CCC4=CC(=O)CC[C@]4(C)[C@H]3[C@H](O[C@@H]3O[C@H](C(=O)NCCCCCCNC(=O)CCCC[C@@H]4SC[C@@H]5NC(=O)N[C@@H]54)[C@@H](O)[C@H](O)[C@H]3O)C[C@]12C. The van der Waals surface area contributed by atoms with Crippen molar-refractivity contribution in [1.29, 1.82) is 0 Å². The lowest BCUT2D eigenvalue weighted by atomic mass is 9.46. The summed E-state index contributed by atoms with van der Waals surface area (Å²) < 4.78 is 12.8. The molecule has 0 spiro atoms. The van der Waals surface area contributed by atoms with Crippen molar-refractivity contribution >= 4 is 41.2 Å². The number of ether oxygens (including phenoxy) is 2. The molecule has 0 radical (unpaired) electrons. The van der Waals surface area contributed by atoms with Gasteiger partial charge in [0.05, 0.1) is 18.2 Å². The van der Waals surface area contributed by atoms with Gasteiger partial charge in [-0.05, 0) is 106 Å². The number of allylic oxidation sites excluding steroid dienone is 1. The molecule has 0 bridgehead atoms. The Balaban J connectivity index is 0.860. The summed E-state index contributed by atoms with van der Waals surface area (Å²) in [5, 5.41) is 45.2. The molecule has 0 unspecified atom stereocenters. The number of amides is 4. The van der Waals surface area contributed by atoms with Gasteiger partial charge in [0.25, 0.3) is 5.91 Å². The molecule has 4 aliphatic carbocycles. The summed E-state index contributed by atoms with van der Waals surface area (Å²) in [6, 6.07) is 0.320. The van der Waals surface area contributed by atoms with Crippen molar-refractivity contribution in [1.82, 2.24) is 21.3 Å². The van der Waals surface area contributed by atoms with Crippen molar-refractivity contribution in [2.75, 3.05) is 18.8 Å². The Morgan fingerprint density at radius 3 is 2.45 bits per heavy atom. The van der Waals surface area contributed by atoms with Crippen LogP contribution in [0.2, 0.25) is 0 Å². The van der Waals surface area contributed by atoms with E-state index in [0.29, 0.717) is 56.4 Å². The molecule has 15 heteroatoms. The molecule has 0 aromatic rings. The van der Waals surface area contributed by atoms with Crippen LogP contribution in [0.5, 0.6) is 0 Å². The van der Waals surface area contributed by atoms with Crippen molar-refractivity contribution in [3.8, 4) is 0 Å². The number of ketones is 2. The second-order valence-corrected chi connectivity index (χ2v) is 20.1. The van der Waals surface area contributed by atoms with Gasteiger partial charge in [0, 0.05) is 42.9 Å². The fraction of sp³-hybridized carbons (Fsp3) is 0.837. The number of nitrogens with one attached hydrogen (secondary N) is 4. The predicted molar refractivity (Wildman–Crippen MR) is 216 cm³/mol. The molecule has 3 saturated heterocycles. The van der Waals surface area contributed by atoms with Crippen LogP contribution in [0.3, 0.4) is 0 Å². The zero-order chi connectivity index (χ0) is 41.4. The normalized spacial score (nSPS) is 41.6. The summed E-state index contributed by atoms with van der Waals surface area (Å²) in [5.41, 5.74) is 0.491. The third kappa shape index (κ3) is 8.77. The van der Waals surface area contributed by atoms with E-state index < -0.39 is 42.7 Å². The number of urea groups is 1. The quantitative estimate of drug-likeness (QED) is 0.0888. The van der Waals surface area contributed by atoms with Crippen LogP contribution in [0, 0.1) is 34.5 Å². The van der Waals surface area contributed by atoms with Crippen molar-refractivity contribution in [3.63, 3.8) is 0 Å². The number of carbonyl (C=O) groups excluding carboxylic acids is 5. The average Bonchev–Trinajstić information content (AvgIpc) is 3.86. The van der Waals surface area contributed by atoms with Crippen LogP contribution < -0.4 is 21.3 Å². The van der Waals surface area contributed by atoms with E-state index >= 15 is 0 Å². The zero-order valence-electron chi connectivity index (χ0n) is 34.4. The van der Waals surface area contributed by atoms with Crippen LogP contribution >= 0.6 is 11.8 Å². The largest absolute Gasteiger partial charge is 0.387 e. The number of unbranched alkanes of at least 4 members (excludes halogenated alkanes) is 4. The lowest BCUT2D eigenvalue weighted by molar-refractivity contribution is -0.318. The molecule has 15 atom stereocenters. The molecule has 7 N–H and O–H groups in total. The highest BCUT2D eigenvalue weighted by atomic mass is 32.2. The monoisotopic (exact) mass is 830 g/mol. The maximum absolute atomic E-state index is 13.4. The van der Waals surface area contributed by atoms with Crippen LogP contribution in [0.4, 0.5) is 4.79 Å². The van der Waals surface area contributed by atoms with E-state index in [2.05, 4.69) is 35.1 Å². The van der Waals surface area contributed by atoms with E-state index in [1.807, 2.05) is 17.8 Å². The first-order chi connectivity index (χ1) is 27.7. The minimum atomic E-state index is -1.68. The number of hydrogen-bond acceptors (Lipinski definition) is 11. The van der Waals surface area contributed by atoms with Gasteiger partial charge in [-0.15, -0.1) is 0 Å². The molecule has 3 aliphatic heterocycles. The summed E-state index contributed by atoms with van der Waals surface area (Å²) in [6.45, 7) is 6.98. The third-order valence-corrected chi connectivity index (χ3v) is 16.8. The first-order valence-corrected chi connectivity index (χ1v) is 23.1. The minimum Gasteiger partial charge on any atom is -0.387 e. The molecule has 0 aromatic heterocycles. The van der Waals surface area contributed by atoms with Crippen LogP contribution in [-0.2, 0) is 28.7 Å². The van der Waals surface area contributed by atoms with Gasteiger partial charge in [-0.1, -0.05) is 38.7 Å². The third-order valence-electron chi connectivity index (χ3n) is 15.3. The van der Waals surface area contributed by atoms with Crippen molar-refractivity contribution in [2.45, 2.75) is 171 Å². The number of Topliss-reactive ketones (excluding diaryl/α,β-unsaturated/α-hetero) is 1. The van der Waals surface area contributed by atoms with E-state index in [4.69, 9.17) is 9.47 Å². The molecule has 3 heterocycles. The van der Waals surface area contributed by atoms with Crippen LogP contribution in [0.25, 0.3) is 0 Å². The molecule has 58 heavy (non-hydrogen) atoms. The molecule has 0 aromatic carbocycles. The van der Waals surface area contributed by atoms with Crippen molar-refractivity contribution < 1.29 is 48.8 Å². The van der Waals surface area contributed by atoms with Gasteiger partial charge in [-0.25, -0.2) is 4.79 Å². The van der Waals surface area contributed by atoms with Crippen LogP contribution in [-0.4, -0.2) is 118 Å². The topological polar surface area (TPSA) is 213 Å². The lowest BCUT2D eigenvalue weighted by Gasteiger charge is -2.61. The zero-order valence-corrected chi connectivity index (χ0v) is 35.2. The number of aliphatic hydroxyl groups is 3. The predicted octanol–water partition coefficient (Wildman–Crippen LogP) is 3.04. The molecule has 7 rings (SSSR count). The van der Waals surface area contributed by atoms with Gasteiger partial charge in [-0.3, -0.25) is 19.2 Å². The maximum Gasteiger partial charge on any atom is 0.315 e. The van der Waals surface area contributed by atoms with Crippen molar-refractivity contribution in [3.05, 3.63) is 11.6 Å². The summed E-state index contributed by atoms with van der Waals surface area (Å²) in [6.07, 6.45) is 5.08. The summed E-state index contributed by atoms with van der Waals surface area (Å²) >= 11 is 1.88. The maximum atomic E-state index is 13.4. The smallest absolute Gasteiger partial charge is 0.315 e. The molecule has 6 fully saturated rings. The first-order valence-electron chi connectivity index (χ1n) is 22.0.